The fraction of sp³-hybridized carbons (Fsp3) is 0.214. The third-order valence-electron chi connectivity index (χ3n) is 2.64. The summed E-state index contributed by atoms with van der Waals surface area (Å²) in [6, 6.07) is 11.1. The van der Waals surface area contributed by atoms with Gasteiger partial charge in [0.05, 0.1) is 15.8 Å². The van der Waals surface area contributed by atoms with Gasteiger partial charge >= 0.3 is 0 Å². The Morgan fingerprint density at radius 3 is 2.60 bits per heavy atom. The maximum absolute atomic E-state index is 12.1. The van der Waals surface area contributed by atoms with Gasteiger partial charge in [-0.05, 0) is 36.4 Å². The van der Waals surface area contributed by atoms with Crippen LogP contribution in [0, 0.1) is 0 Å². The number of hydrogen-bond acceptors (Lipinski definition) is 3. The minimum atomic E-state index is -0.0405. The number of thiophene rings is 1. The largest absolute Gasteiger partial charge is 0.492 e. The first-order valence-corrected chi connectivity index (χ1v) is 7.94. The highest BCUT2D eigenvalue weighted by atomic mass is 79.9. The standard InChI is InChI=1S/C14H13BrClNO2S/c1-17(14(18)12-6-7-13(16)20-12)8-9-19-11-4-2-10(15)3-5-11/h2-7H,8-9H2,1H3. The van der Waals surface area contributed by atoms with Gasteiger partial charge in [0.2, 0.25) is 0 Å². The van der Waals surface area contributed by atoms with Crippen molar-refractivity contribution in [2.45, 2.75) is 0 Å². The maximum Gasteiger partial charge on any atom is 0.263 e. The monoisotopic (exact) mass is 373 g/mol. The molecule has 0 aliphatic heterocycles. The van der Waals surface area contributed by atoms with Gasteiger partial charge in [-0.25, -0.2) is 0 Å². The van der Waals surface area contributed by atoms with Gasteiger partial charge in [-0.15, -0.1) is 11.3 Å². The molecule has 6 heteroatoms. The molecule has 3 nitrogen and oxygen atoms in total. The Balaban J connectivity index is 1.81. The number of carbonyl (C=O) groups excluding carboxylic acids is 1. The van der Waals surface area contributed by atoms with Crippen LogP contribution in [0.2, 0.25) is 4.34 Å². The molecule has 0 saturated carbocycles. The van der Waals surface area contributed by atoms with Crippen molar-refractivity contribution in [2.75, 3.05) is 20.2 Å². The molecule has 0 unspecified atom stereocenters. The number of halogens is 2. The Bertz CT molecular complexity index is 585. The second-order valence-electron chi connectivity index (χ2n) is 4.13. The maximum atomic E-state index is 12.1. The summed E-state index contributed by atoms with van der Waals surface area (Å²) in [7, 11) is 1.75. The smallest absolute Gasteiger partial charge is 0.263 e. The zero-order valence-corrected chi connectivity index (χ0v) is 14.0. The van der Waals surface area contributed by atoms with Crippen molar-refractivity contribution in [1.82, 2.24) is 4.90 Å². The Labute approximate surface area is 135 Å². The van der Waals surface area contributed by atoms with Crippen molar-refractivity contribution in [2.24, 2.45) is 0 Å². The first kappa shape index (κ1) is 15.4. The molecule has 0 saturated heterocycles. The van der Waals surface area contributed by atoms with E-state index in [0.29, 0.717) is 22.4 Å². The Kier molecular flexibility index (Phi) is 5.46. The summed E-state index contributed by atoms with van der Waals surface area (Å²) >= 11 is 10.5. The number of hydrogen-bond donors (Lipinski definition) is 0. The number of benzene rings is 1. The van der Waals surface area contributed by atoms with Gasteiger partial charge in [-0.2, -0.15) is 0 Å². The van der Waals surface area contributed by atoms with E-state index in [2.05, 4.69) is 15.9 Å². The summed E-state index contributed by atoms with van der Waals surface area (Å²) in [6.07, 6.45) is 0. The number of likely N-dealkylation sites (N-methyl/N-ethyl adjacent to an activating group) is 1. The van der Waals surface area contributed by atoms with E-state index in [-0.39, 0.29) is 5.91 Å². The van der Waals surface area contributed by atoms with Crippen LogP contribution in [0.3, 0.4) is 0 Å². The normalized spacial score (nSPS) is 10.3. The van der Waals surface area contributed by atoms with Crippen molar-refractivity contribution in [3.63, 3.8) is 0 Å². The van der Waals surface area contributed by atoms with Crippen LogP contribution in [0.25, 0.3) is 0 Å². The Morgan fingerprint density at radius 1 is 1.30 bits per heavy atom. The van der Waals surface area contributed by atoms with Gasteiger partial charge in [-0.3, -0.25) is 4.79 Å². The highest BCUT2D eigenvalue weighted by molar-refractivity contribution is 9.10. The van der Waals surface area contributed by atoms with E-state index < -0.39 is 0 Å². The van der Waals surface area contributed by atoms with E-state index >= 15 is 0 Å². The van der Waals surface area contributed by atoms with Crippen molar-refractivity contribution >= 4 is 44.8 Å². The van der Waals surface area contributed by atoms with E-state index in [9.17, 15) is 4.79 Å². The molecule has 2 aromatic rings. The van der Waals surface area contributed by atoms with Crippen molar-refractivity contribution in [3.8, 4) is 5.75 Å². The molecule has 0 spiro atoms. The van der Waals surface area contributed by atoms with Crippen LogP contribution < -0.4 is 4.74 Å². The van der Waals surface area contributed by atoms with Gasteiger partial charge in [0.15, 0.2) is 0 Å². The van der Waals surface area contributed by atoms with Gasteiger partial charge in [-0.1, -0.05) is 27.5 Å². The molecule has 0 N–H and O–H groups in total. The van der Waals surface area contributed by atoms with Gasteiger partial charge in [0, 0.05) is 11.5 Å². The summed E-state index contributed by atoms with van der Waals surface area (Å²) in [5.41, 5.74) is 0. The molecule has 0 bridgehead atoms. The fourth-order valence-electron chi connectivity index (χ4n) is 1.55. The molecule has 2 rings (SSSR count). The fourth-order valence-corrected chi connectivity index (χ4v) is 2.85. The molecule has 1 aromatic carbocycles. The average molecular weight is 375 g/mol. The molecule has 0 fully saturated rings. The van der Waals surface area contributed by atoms with Crippen LogP contribution in [0.4, 0.5) is 0 Å². The van der Waals surface area contributed by atoms with E-state index in [1.807, 2.05) is 24.3 Å². The topological polar surface area (TPSA) is 29.5 Å². The molecule has 1 heterocycles. The SMILES string of the molecule is CN(CCOc1ccc(Br)cc1)C(=O)c1ccc(Cl)s1. The van der Waals surface area contributed by atoms with Gasteiger partial charge in [0.25, 0.3) is 5.91 Å². The lowest BCUT2D eigenvalue weighted by Crippen LogP contribution is -2.30. The third kappa shape index (κ3) is 4.23. The average Bonchev–Trinajstić information content (AvgIpc) is 2.86. The predicted octanol–water partition coefficient (Wildman–Crippen LogP) is 4.32. The molecule has 1 amide bonds. The van der Waals surface area contributed by atoms with E-state index in [1.54, 1.807) is 24.1 Å². The van der Waals surface area contributed by atoms with Crippen molar-refractivity contribution < 1.29 is 9.53 Å². The number of ether oxygens (including phenoxy) is 1. The van der Waals surface area contributed by atoms with Gasteiger partial charge in [0.1, 0.15) is 12.4 Å². The van der Waals surface area contributed by atoms with Crippen LogP contribution in [0.15, 0.2) is 40.9 Å². The molecule has 20 heavy (non-hydrogen) atoms. The number of carbonyl (C=O) groups is 1. The molecule has 0 atom stereocenters. The summed E-state index contributed by atoms with van der Waals surface area (Å²) in [5.74, 6) is 0.745. The molecule has 0 aliphatic carbocycles. The number of nitrogens with zero attached hydrogens (tertiary/aromatic N) is 1. The zero-order valence-electron chi connectivity index (χ0n) is 10.8. The zero-order chi connectivity index (χ0) is 14.5. The molecular weight excluding hydrogens is 362 g/mol. The molecule has 0 radical (unpaired) electrons. The van der Waals surface area contributed by atoms with Crippen LogP contribution in [-0.2, 0) is 0 Å². The lowest BCUT2D eigenvalue weighted by molar-refractivity contribution is 0.0778. The number of amides is 1. The lowest BCUT2D eigenvalue weighted by atomic mass is 10.3. The molecule has 106 valence electrons. The van der Waals surface area contributed by atoms with E-state index in [4.69, 9.17) is 16.3 Å². The summed E-state index contributed by atoms with van der Waals surface area (Å²) in [6.45, 7) is 0.966. The van der Waals surface area contributed by atoms with Crippen LogP contribution in [-0.4, -0.2) is 31.0 Å². The Hall–Kier alpha value is -1.04. The van der Waals surface area contributed by atoms with Crippen LogP contribution in [0.1, 0.15) is 9.67 Å². The highest BCUT2D eigenvalue weighted by Gasteiger charge is 2.13. The van der Waals surface area contributed by atoms with Crippen LogP contribution in [0.5, 0.6) is 5.75 Å². The minimum absolute atomic E-state index is 0.0405. The van der Waals surface area contributed by atoms with Gasteiger partial charge < -0.3 is 9.64 Å². The lowest BCUT2D eigenvalue weighted by Gasteiger charge is -2.16. The predicted molar refractivity (Wildman–Crippen MR) is 85.9 cm³/mol. The molecular formula is C14H13BrClNO2S. The van der Waals surface area contributed by atoms with Crippen LogP contribution >= 0.6 is 38.9 Å². The first-order chi connectivity index (χ1) is 9.56. The summed E-state index contributed by atoms with van der Waals surface area (Å²) in [5, 5.41) is 0. The second-order valence-corrected chi connectivity index (χ2v) is 6.76. The summed E-state index contributed by atoms with van der Waals surface area (Å²) < 4.78 is 7.21. The van der Waals surface area contributed by atoms with E-state index in [0.717, 1.165) is 10.2 Å². The van der Waals surface area contributed by atoms with E-state index in [1.165, 1.54) is 11.3 Å². The van der Waals surface area contributed by atoms with Crippen molar-refractivity contribution in [3.05, 3.63) is 50.1 Å². The first-order valence-electron chi connectivity index (χ1n) is 5.95. The highest BCUT2D eigenvalue weighted by Crippen LogP contribution is 2.22. The quantitative estimate of drug-likeness (QED) is 0.780. The Morgan fingerprint density at radius 2 is 2.00 bits per heavy atom. The third-order valence-corrected chi connectivity index (χ3v) is 4.39. The molecule has 1 aromatic heterocycles. The van der Waals surface area contributed by atoms with Crippen molar-refractivity contribution in [1.29, 1.82) is 0 Å². The number of rotatable bonds is 5. The summed E-state index contributed by atoms with van der Waals surface area (Å²) in [4.78, 5) is 14.3. The second kappa shape index (κ2) is 7.11. The molecule has 0 aliphatic rings. The minimum Gasteiger partial charge on any atom is -0.492 e.